The molecule has 0 aromatic heterocycles. The van der Waals surface area contributed by atoms with E-state index in [9.17, 15) is 4.79 Å². The molecule has 1 aromatic carbocycles. The number of carbonyl (C=O) groups excluding carboxylic acids is 1. The molecule has 0 bridgehead atoms. The van der Waals surface area contributed by atoms with E-state index in [0.29, 0.717) is 6.61 Å². The highest BCUT2D eigenvalue weighted by atomic mass is 16.6. The van der Waals surface area contributed by atoms with Crippen LogP contribution in [-0.4, -0.2) is 35.0 Å². The average molecular weight is 305 g/mol. The molecule has 2 rings (SSSR count). The van der Waals surface area contributed by atoms with Gasteiger partial charge in [0.15, 0.2) is 0 Å². The van der Waals surface area contributed by atoms with Crippen LogP contribution in [-0.2, 0) is 9.47 Å². The summed E-state index contributed by atoms with van der Waals surface area (Å²) in [5.74, 6) is 0.139. The van der Waals surface area contributed by atoms with Crippen LogP contribution in [0.15, 0.2) is 30.3 Å². The average Bonchev–Trinajstić information content (AvgIpc) is 2.67. The van der Waals surface area contributed by atoms with Crippen molar-refractivity contribution in [1.29, 1.82) is 0 Å². The van der Waals surface area contributed by atoms with Crippen LogP contribution in [0.1, 0.15) is 53.0 Å². The van der Waals surface area contributed by atoms with Crippen LogP contribution >= 0.6 is 0 Å². The molecule has 1 aliphatic rings. The molecule has 122 valence electrons. The van der Waals surface area contributed by atoms with Crippen molar-refractivity contribution in [2.45, 2.75) is 64.8 Å². The van der Waals surface area contributed by atoms with E-state index in [1.54, 1.807) is 4.90 Å². The van der Waals surface area contributed by atoms with E-state index in [1.165, 1.54) is 5.56 Å². The summed E-state index contributed by atoms with van der Waals surface area (Å²) in [6.45, 7) is 12.3. The summed E-state index contributed by atoms with van der Waals surface area (Å²) in [4.78, 5) is 14.3. The fourth-order valence-corrected chi connectivity index (χ4v) is 3.02. The summed E-state index contributed by atoms with van der Waals surface area (Å²) in [5.41, 5.74) is 0.158. The lowest BCUT2D eigenvalue weighted by Crippen LogP contribution is -2.53. The third-order valence-corrected chi connectivity index (χ3v) is 4.42. The fraction of sp³-hybridized carbons (Fsp3) is 0.611. The number of carbonyl (C=O) groups is 1. The summed E-state index contributed by atoms with van der Waals surface area (Å²) >= 11 is 0. The number of ether oxygens (including phenoxy) is 2. The lowest BCUT2D eigenvalue weighted by molar-refractivity contribution is -0.0585. The fourth-order valence-electron chi connectivity index (χ4n) is 3.02. The van der Waals surface area contributed by atoms with Crippen molar-refractivity contribution in [3.05, 3.63) is 35.9 Å². The first-order valence-electron chi connectivity index (χ1n) is 7.85. The highest BCUT2D eigenvalue weighted by Crippen LogP contribution is 2.35. The maximum Gasteiger partial charge on any atom is 0.412 e. The summed E-state index contributed by atoms with van der Waals surface area (Å²) in [6, 6.07) is 10.1. The van der Waals surface area contributed by atoms with Crippen molar-refractivity contribution in [3.8, 4) is 0 Å². The van der Waals surface area contributed by atoms with Gasteiger partial charge in [0.25, 0.3) is 0 Å². The Labute approximate surface area is 133 Å². The highest BCUT2D eigenvalue weighted by molar-refractivity contribution is 5.70. The van der Waals surface area contributed by atoms with Gasteiger partial charge in [-0.05, 0) is 40.2 Å². The summed E-state index contributed by atoms with van der Waals surface area (Å²) in [5, 5.41) is 0. The maximum absolute atomic E-state index is 12.6. The van der Waals surface area contributed by atoms with Gasteiger partial charge in [-0.25, -0.2) is 4.79 Å². The van der Waals surface area contributed by atoms with Gasteiger partial charge in [0.1, 0.15) is 11.8 Å². The Balaban J connectivity index is 2.08. The Morgan fingerprint density at radius 1 is 1.18 bits per heavy atom. The minimum Gasteiger partial charge on any atom is -0.446 e. The Bertz CT molecular complexity index is 508. The van der Waals surface area contributed by atoms with Crippen molar-refractivity contribution in [3.63, 3.8) is 0 Å². The molecule has 2 atom stereocenters. The van der Waals surface area contributed by atoms with Crippen LogP contribution in [0.25, 0.3) is 0 Å². The van der Waals surface area contributed by atoms with Gasteiger partial charge in [0, 0.05) is 5.92 Å². The predicted octanol–water partition coefficient (Wildman–Crippen LogP) is 4.16. The second kappa shape index (κ2) is 5.92. The molecule has 1 fully saturated rings. The monoisotopic (exact) mass is 305 g/mol. The van der Waals surface area contributed by atoms with Crippen molar-refractivity contribution in [1.82, 2.24) is 4.90 Å². The predicted molar refractivity (Wildman–Crippen MR) is 86.7 cm³/mol. The van der Waals surface area contributed by atoms with Gasteiger partial charge in [-0.15, -0.1) is 0 Å². The van der Waals surface area contributed by atoms with Crippen molar-refractivity contribution in [2.75, 3.05) is 6.61 Å². The molecule has 0 N–H and O–H groups in total. The van der Waals surface area contributed by atoms with E-state index in [1.807, 2.05) is 52.8 Å². The molecule has 22 heavy (non-hydrogen) atoms. The van der Waals surface area contributed by atoms with Crippen LogP contribution in [0, 0.1) is 0 Å². The molecule has 1 saturated heterocycles. The number of hydrogen-bond donors (Lipinski definition) is 0. The molecular weight excluding hydrogens is 278 g/mol. The Morgan fingerprint density at radius 2 is 1.77 bits per heavy atom. The molecule has 1 aliphatic heterocycles. The van der Waals surface area contributed by atoms with Crippen molar-refractivity contribution in [2.24, 2.45) is 0 Å². The molecule has 4 nitrogen and oxygen atoms in total. The quantitative estimate of drug-likeness (QED) is 0.841. The topological polar surface area (TPSA) is 38.8 Å². The Kier molecular flexibility index (Phi) is 4.52. The molecular formula is C18H27NO3. The first-order valence-corrected chi connectivity index (χ1v) is 7.85. The molecule has 0 radical (unpaired) electrons. The van der Waals surface area contributed by atoms with Gasteiger partial charge in [-0.1, -0.05) is 37.3 Å². The van der Waals surface area contributed by atoms with Crippen LogP contribution < -0.4 is 0 Å². The lowest BCUT2D eigenvalue weighted by Gasteiger charge is -2.38. The van der Waals surface area contributed by atoms with E-state index in [0.717, 1.165) is 0 Å². The number of nitrogens with zero attached hydrogens (tertiary/aromatic N) is 1. The summed E-state index contributed by atoms with van der Waals surface area (Å²) < 4.78 is 11.5. The largest absolute Gasteiger partial charge is 0.446 e. The first kappa shape index (κ1) is 16.8. The molecule has 1 aromatic rings. The molecule has 0 spiro atoms. The van der Waals surface area contributed by atoms with E-state index >= 15 is 0 Å². The van der Waals surface area contributed by atoms with E-state index in [2.05, 4.69) is 19.1 Å². The van der Waals surface area contributed by atoms with Crippen LogP contribution in [0.2, 0.25) is 0 Å². The zero-order chi connectivity index (χ0) is 16.5. The normalized spacial score (nSPS) is 22.2. The van der Waals surface area contributed by atoms with Crippen LogP contribution in [0.3, 0.4) is 0 Å². The third kappa shape index (κ3) is 3.27. The van der Waals surface area contributed by atoms with Crippen LogP contribution in [0.4, 0.5) is 4.79 Å². The van der Waals surface area contributed by atoms with Gasteiger partial charge in [0.2, 0.25) is 0 Å². The zero-order valence-corrected chi connectivity index (χ0v) is 14.4. The number of benzene rings is 1. The van der Waals surface area contributed by atoms with Gasteiger partial charge in [-0.2, -0.15) is 0 Å². The summed E-state index contributed by atoms with van der Waals surface area (Å²) in [6.07, 6.45) is -0.523. The highest BCUT2D eigenvalue weighted by Gasteiger charge is 2.50. The molecule has 0 unspecified atom stereocenters. The van der Waals surface area contributed by atoms with Gasteiger partial charge in [0.05, 0.1) is 12.1 Å². The van der Waals surface area contributed by atoms with E-state index in [4.69, 9.17) is 9.47 Å². The SMILES string of the molecule is C[C@H](OC(=O)N1C(C)(C)COC1(C)C)[C@@H](C)c1ccccc1. The van der Waals surface area contributed by atoms with E-state index in [-0.39, 0.29) is 23.7 Å². The van der Waals surface area contributed by atoms with Crippen LogP contribution in [0.5, 0.6) is 0 Å². The molecule has 0 aliphatic carbocycles. The van der Waals surface area contributed by atoms with Crippen molar-refractivity contribution >= 4 is 6.09 Å². The minimum absolute atomic E-state index is 0.139. The Morgan fingerprint density at radius 3 is 2.27 bits per heavy atom. The van der Waals surface area contributed by atoms with Gasteiger partial charge >= 0.3 is 6.09 Å². The second-order valence-corrected chi connectivity index (χ2v) is 7.17. The zero-order valence-electron chi connectivity index (χ0n) is 14.4. The molecule has 4 heteroatoms. The number of rotatable bonds is 3. The first-order chi connectivity index (χ1) is 10.1. The summed E-state index contributed by atoms with van der Waals surface area (Å²) in [7, 11) is 0. The Hall–Kier alpha value is -1.55. The number of amides is 1. The number of hydrogen-bond acceptors (Lipinski definition) is 3. The minimum atomic E-state index is -0.643. The second-order valence-electron chi connectivity index (χ2n) is 7.17. The van der Waals surface area contributed by atoms with Gasteiger partial charge < -0.3 is 9.47 Å². The lowest BCUT2D eigenvalue weighted by atomic mass is 9.96. The van der Waals surface area contributed by atoms with Crippen molar-refractivity contribution < 1.29 is 14.3 Å². The molecule has 1 amide bonds. The third-order valence-electron chi connectivity index (χ3n) is 4.42. The standard InChI is InChI=1S/C18H27NO3/c1-13(15-10-8-7-9-11-15)14(2)22-16(20)19-17(3,4)12-21-18(19,5)6/h7-11,13-14H,12H2,1-6H3/t13-,14+/m1/s1. The van der Waals surface area contributed by atoms with Gasteiger partial charge in [-0.3, -0.25) is 4.90 Å². The molecule has 1 heterocycles. The molecule has 0 saturated carbocycles. The maximum atomic E-state index is 12.6. The van der Waals surface area contributed by atoms with E-state index < -0.39 is 5.72 Å². The smallest absolute Gasteiger partial charge is 0.412 e.